The van der Waals surface area contributed by atoms with Crippen molar-refractivity contribution in [2.75, 3.05) is 19.8 Å². The molecule has 0 spiro atoms. The maximum absolute atomic E-state index is 12.1. The third-order valence-corrected chi connectivity index (χ3v) is 3.65. The van der Waals surface area contributed by atoms with Gasteiger partial charge in [-0.25, -0.2) is 0 Å². The largest absolute Gasteiger partial charge is 0.381 e. The van der Waals surface area contributed by atoms with Crippen molar-refractivity contribution in [3.63, 3.8) is 0 Å². The zero-order valence-corrected chi connectivity index (χ0v) is 10.1. The molecule has 4 nitrogen and oxygen atoms in total. The summed E-state index contributed by atoms with van der Waals surface area (Å²) >= 11 is 0. The first-order valence-corrected chi connectivity index (χ1v) is 6.33. The van der Waals surface area contributed by atoms with Crippen LogP contribution in [0.2, 0.25) is 0 Å². The van der Waals surface area contributed by atoms with Crippen LogP contribution in [0.25, 0.3) is 0 Å². The van der Waals surface area contributed by atoms with Gasteiger partial charge >= 0.3 is 0 Å². The molecule has 4 heteroatoms. The molecule has 2 rings (SSSR count). The first-order valence-electron chi connectivity index (χ1n) is 6.33. The molecular formula is C12H22N2O2. The van der Waals surface area contributed by atoms with Gasteiger partial charge in [0.25, 0.3) is 0 Å². The fraction of sp³-hybridized carbons (Fsp3) is 0.917. The van der Waals surface area contributed by atoms with Gasteiger partial charge in [0.05, 0.1) is 6.04 Å². The molecule has 2 aliphatic heterocycles. The highest BCUT2D eigenvalue weighted by Gasteiger charge is 2.31. The van der Waals surface area contributed by atoms with E-state index in [1.807, 2.05) is 0 Å². The van der Waals surface area contributed by atoms with E-state index in [0.717, 1.165) is 45.4 Å². The molecule has 2 N–H and O–H groups in total. The SMILES string of the molecule is CC1(NC(=O)C2CCCCN2)CCOCC1. The number of piperidine rings is 1. The highest BCUT2D eigenvalue weighted by molar-refractivity contribution is 5.82. The van der Waals surface area contributed by atoms with E-state index >= 15 is 0 Å². The van der Waals surface area contributed by atoms with Gasteiger partial charge in [0.1, 0.15) is 0 Å². The van der Waals surface area contributed by atoms with Crippen molar-refractivity contribution < 1.29 is 9.53 Å². The van der Waals surface area contributed by atoms with Crippen LogP contribution >= 0.6 is 0 Å². The minimum atomic E-state index is -0.0611. The fourth-order valence-corrected chi connectivity index (χ4v) is 2.41. The lowest BCUT2D eigenvalue weighted by Gasteiger charge is -2.36. The Morgan fingerprint density at radius 3 is 2.75 bits per heavy atom. The second-order valence-electron chi connectivity index (χ2n) is 5.16. The van der Waals surface area contributed by atoms with Gasteiger partial charge in [0.2, 0.25) is 5.91 Å². The molecule has 1 amide bonds. The van der Waals surface area contributed by atoms with Crippen LogP contribution in [0.15, 0.2) is 0 Å². The summed E-state index contributed by atoms with van der Waals surface area (Å²) in [6.07, 6.45) is 5.16. The number of hydrogen-bond donors (Lipinski definition) is 2. The number of hydrogen-bond acceptors (Lipinski definition) is 3. The van der Waals surface area contributed by atoms with E-state index in [-0.39, 0.29) is 17.5 Å². The normalized spacial score (nSPS) is 29.7. The van der Waals surface area contributed by atoms with Gasteiger partial charge in [-0.1, -0.05) is 6.42 Å². The molecule has 2 heterocycles. The summed E-state index contributed by atoms with van der Waals surface area (Å²) in [5.74, 6) is 0.170. The number of carbonyl (C=O) groups excluding carboxylic acids is 1. The van der Waals surface area contributed by atoms with Crippen molar-refractivity contribution in [2.24, 2.45) is 0 Å². The molecule has 92 valence electrons. The van der Waals surface area contributed by atoms with Crippen LogP contribution in [0.5, 0.6) is 0 Å². The summed E-state index contributed by atoms with van der Waals surface area (Å²) in [6, 6.07) is 0.0217. The summed E-state index contributed by atoms with van der Waals surface area (Å²) < 4.78 is 5.33. The number of nitrogens with one attached hydrogen (secondary N) is 2. The van der Waals surface area contributed by atoms with Crippen molar-refractivity contribution in [2.45, 2.75) is 50.6 Å². The third-order valence-electron chi connectivity index (χ3n) is 3.65. The number of carbonyl (C=O) groups is 1. The molecule has 1 atom stereocenters. The van der Waals surface area contributed by atoms with Crippen molar-refractivity contribution in [3.05, 3.63) is 0 Å². The smallest absolute Gasteiger partial charge is 0.237 e. The van der Waals surface area contributed by atoms with Crippen molar-refractivity contribution in [1.29, 1.82) is 0 Å². The van der Waals surface area contributed by atoms with Crippen LogP contribution in [-0.4, -0.2) is 37.2 Å². The highest BCUT2D eigenvalue weighted by Crippen LogP contribution is 2.20. The van der Waals surface area contributed by atoms with Crippen LogP contribution in [0.1, 0.15) is 39.0 Å². The second-order valence-corrected chi connectivity index (χ2v) is 5.16. The lowest BCUT2D eigenvalue weighted by molar-refractivity contribution is -0.126. The Balaban J connectivity index is 1.85. The van der Waals surface area contributed by atoms with E-state index in [1.54, 1.807) is 0 Å². The van der Waals surface area contributed by atoms with Gasteiger partial charge in [0, 0.05) is 18.8 Å². The number of rotatable bonds is 2. The van der Waals surface area contributed by atoms with Gasteiger partial charge in [-0.3, -0.25) is 4.79 Å². The van der Waals surface area contributed by atoms with Gasteiger partial charge in [-0.2, -0.15) is 0 Å². The first kappa shape index (κ1) is 11.9. The standard InChI is InChI=1S/C12H22N2O2/c1-12(5-8-16-9-6-12)14-11(15)10-4-2-3-7-13-10/h10,13H,2-9H2,1H3,(H,14,15). The van der Waals surface area contributed by atoms with Gasteiger partial charge in [-0.05, 0) is 39.2 Å². The maximum atomic E-state index is 12.1. The van der Waals surface area contributed by atoms with E-state index in [1.165, 1.54) is 6.42 Å². The van der Waals surface area contributed by atoms with Gasteiger partial charge in [0.15, 0.2) is 0 Å². The number of ether oxygens (including phenoxy) is 1. The molecular weight excluding hydrogens is 204 g/mol. The average Bonchev–Trinajstić information content (AvgIpc) is 2.30. The lowest BCUT2D eigenvalue weighted by atomic mass is 9.91. The Hall–Kier alpha value is -0.610. The van der Waals surface area contributed by atoms with Crippen LogP contribution in [0, 0.1) is 0 Å². The van der Waals surface area contributed by atoms with Crippen LogP contribution in [-0.2, 0) is 9.53 Å². The predicted octanol–water partition coefficient (Wildman–Crippen LogP) is 0.814. The summed E-state index contributed by atoms with van der Waals surface area (Å²) in [7, 11) is 0. The molecule has 16 heavy (non-hydrogen) atoms. The van der Waals surface area contributed by atoms with Gasteiger partial charge < -0.3 is 15.4 Å². The topological polar surface area (TPSA) is 50.4 Å². The Labute approximate surface area is 97.1 Å². The molecule has 0 radical (unpaired) electrons. The summed E-state index contributed by atoms with van der Waals surface area (Å²) in [5, 5.41) is 6.47. The van der Waals surface area contributed by atoms with E-state index in [9.17, 15) is 4.79 Å². The molecule has 2 saturated heterocycles. The molecule has 0 aromatic carbocycles. The Bertz CT molecular complexity index is 243. The van der Waals surface area contributed by atoms with E-state index < -0.39 is 0 Å². The highest BCUT2D eigenvalue weighted by atomic mass is 16.5. The summed E-state index contributed by atoms with van der Waals surface area (Å²) in [4.78, 5) is 12.1. The lowest BCUT2D eigenvalue weighted by Crippen LogP contribution is -2.56. The summed E-state index contributed by atoms with van der Waals surface area (Å²) in [5.41, 5.74) is -0.0611. The zero-order valence-electron chi connectivity index (χ0n) is 10.1. The van der Waals surface area contributed by atoms with E-state index in [4.69, 9.17) is 4.74 Å². The quantitative estimate of drug-likeness (QED) is 0.732. The molecule has 1 unspecified atom stereocenters. The monoisotopic (exact) mass is 226 g/mol. The molecule has 0 saturated carbocycles. The first-order chi connectivity index (χ1) is 7.70. The Morgan fingerprint density at radius 1 is 1.38 bits per heavy atom. The molecule has 2 fully saturated rings. The van der Waals surface area contributed by atoms with Crippen LogP contribution < -0.4 is 10.6 Å². The molecule has 0 aliphatic carbocycles. The minimum absolute atomic E-state index is 0.0217. The second kappa shape index (κ2) is 5.15. The van der Waals surface area contributed by atoms with Crippen molar-refractivity contribution in [3.8, 4) is 0 Å². The van der Waals surface area contributed by atoms with Crippen LogP contribution in [0.3, 0.4) is 0 Å². The maximum Gasteiger partial charge on any atom is 0.237 e. The molecule has 0 aromatic rings. The third kappa shape index (κ3) is 2.95. The van der Waals surface area contributed by atoms with E-state index in [2.05, 4.69) is 17.6 Å². The van der Waals surface area contributed by atoms with Crippen molar-refractivity contribution >= 4 is 5.91 Å². The fourth-order valence-electron chi connectivity index (χ4n) is 2.41. The van der Waals surface area contributed by atoms with Gasteiger partial charge in [-0.15, -0.1) is 0 Å². The molecule has 2 aliphatic rings. The Kier molecular flexibility index (Phi) is 3.82. The average molecular weight is 226 g/mol. The van der Waals surface area contributed by atoms with Crippen LogP contribution in [0.4, 0.5) is 0 Å². The van der Waals surface area contributed by atoms with E-state index in [0.29, 0.717) is 0 Å². The minimum Gasteiger partial charge on any atom is -0.381 e. The Morgan fingerprint density at radius 2 is 2.12 bits per heavy atom. The zero-order chi connectivity index (χ0) is 11.4. The molecule has 0 bridgehead atoms. The predicted molar refractivity (Wildman–Crippen MR) is 62.2 cm³/mol. The number of amides is 1. The van der Waals surface area contributed by atoms with Crippen molar-refractivity contribution in [1.82, 2.24) is 10.6 Å². The summed E-state index contributed by atoms with van der Waals surface area (Å²) in [6.45, 7) is 4.61. The molecule has 0 aromatic heterocycles.